The van der Waals surface area contributed by atoms with Gasteiger partial charge in [0.2, 0.25) is 10.0 Å². The van der Waals surface area contributed by atoms with Crippen LogP contribution in [0.15, 0.2) is 29.2 Å². The van der Waals surface area contributed by atoms with E-state index in [0.29, 0.717) is 24.9 Å². The van der Waals surface area contributed by atoms with Crippen molar-refractivity contribution in [3.63, 3.8) is 0 Å². The van der Waals surface area contributed by atoms with E-state index in [9.17, 15) is 18.3 Å². The first-order valence-electron chi connectivity index (χ1n) is 8.80. The molecule has 1 heterocycles. The van der Waals surface area contributed by atoms with Crippen molar-refractivity contribution >= 4 is 16.0 Å². The average Bonchev–Trinajstić information content (AvgIpc) is 2.94. The molecule has 0 unspecified atom stereocenters. The van der Waals surface area contributed by atoms with Gasteiger partial charge in [-0.25, -0.2) is 12.7 Å². The minimum atomic E-state index is -3.49. The molecule has 0 radical (unpaired) electrons. The molecule has 1 aromatic carbocycles. The summed E-state index contributed by atoms with van der Waals surface area (Å²) in [7, 11) is -0.469. The van der Waals surface area contributed by atoms with Crippen LogP contribution < -0.4 is 0 Å². The van der Waals surface area contributed by atoms with Crippen LogP contribution >= 0.6 is 0 Å². The van der Waals surface area contributed by atoms with Crippen LogP contribution in [0.1, 0.15) is 37.7 Å². The highest BCUT2D eigenvalue weighted by molar-refractivity contribution is 7.89. The van der Waals surface area contributed by atoms with Gasteiger partial charge in [-0.2, -0.15) is 0 Å². The van der Waals surface area contributed by atoms with Gasteiger partial charge in [0.25, 0.3) is 0 Å². The Bertz CT molecular complexity index is 747. The number of carboxylic acids is 1. The Hall–Kier alpha value is -1.44. The molecule has 1 aromatic rings. The van der Waals surface area contributed by atoms with Crippen LogP contribution in [0.3, 0.4) is 0 Å². The van der Waals surface area contributed by atoms with Crippen molar-refractivity contribution in [1.29, 1.82) is 0 Å². The lowest BCUT2D eigenvalue weighted by Gasteiger charge is -2.33. The average molecular weight is 366 g/mol. The molecule has 3 rings (SSSR count). The zero-order valence-electron chi connectivity index (χ0n) is 14.8. The highest BCUT2D eigenvalue weighted by Crippen LogP contribution is 2.40. The number of rotatable bonds is 5. The van der Waals surface area contributed by atoms with Gasteiger partial charge in [-0.05, 0) is 42.9 Å². The van der Waals surface area contributed by atoms with E-state index in [2.05, 4.69) is 4.90 Å². The first-order chi connectivity index (χ1) is 11.8. The van der Waals surface area contributed by atoms with Gasteiger partial charge in [0.05, 0.1) is 4.90 Å². The smallest absolute Gasteiger partial charge is 0.320 e. The summed E-state index contributed by atoms with van der Waals surface area (Å²) in [4.78, 5) is 14.0. The summed E-state index contributed by atoms with van der Waals surface area (Å²) in [6, 6.07) is 6.69. The number of sulfonamides is 1. The molecule has 2 fully saturated rings. The predicted octanol–water partition coefficient (Wildman–Crippen LogP) is 2.15. The van der Waals surface area contributed by atoms with E-state index in [1.807, 2.05) is 6.07 Å². The highest BCUT2D eigenvalue weighted by Gasteiger charge is 2.45. The first kappa shape index (κ1) is 18.4. The van der Waals surface area contributed by atoms with E-state index in [0.717, 1.165) is 24.8 Å². The maximum absolute atomic E-state index is 12.3. The van der Waals surface area contributed by atoms with Gasteiger partial charge in [0.1, 0.15) is 6.04 Å². The molecule has 1 saturated heterocycles. The minimum absolute atomic E-state index is 0.251. The largest absolute Gasteiger partial charge is 0.480 e. The lowest BCUT2D eigenvalue weighted by atomic mass is 9.84. The Labute approximate surface area is 149 Å². The van der Waals surface area contributed by atoms with E-state index < -0.39 is 22.0 Å². The topological polar surface area (TPSA) is 77.9 Å². The van der Waals surface area contributed by atoms with Crippen molar-refractivity contribution in [2.24, 2.45) is 5.92 Å². The van der Waals surface area contributed by atoms with E-state index in [-0.39, 0.29) is 4.90 Å². The molecule has 0 spiro atoms. The number of likely N-dealkylation sites (tertiary alicyclic amines) is 1. The summed E-state index contributed by atoms with van der Waals surface area (Å²) < 4.78 is 25.9. The van der Waals surface area contributed by atoms with Crippen molar-refractivity contribution < 1.29 is 18.3 Å². The van der Waals surface area contributed by atoms with E-state index in [1.165, 1.54) is 24.8 Å². The Morgan fingerprint density at radius 3 is 2.68 bits per heavy atom. The number of aliphatic carboxylic acids is 1. The Morgan fingerprint density at radius 2 is 2.00 bits per heavy atom. The quantitative estimate of drug-likeness (QED) is 0.864. The van der Waals surface area contributed by atoms with Gasteiger partial charge in [-0.1, -0.05) is 25.0 Å². The molecular formula is C18H26N2O4S. The molecule has 1 aliphatic carbocycles. The second kappa shape index (κ2) is 7.05. The summed E-state index contributed by atoms with van der Waals surface area (Å²) in [5, 5.41) is 9.62. The molecule has 138 valence electrons. The summed E-state index contributed by atoms with van der Waals surface area (Å²) in [6.45, 7) is 0.481. The fourth-order valence-corrected chi connectivity index (χ4v) is 5.22. The normalized spacial score (nSPS) is 27.4. The van der Waals surface area contributed by atoms with Crippen molar-refractivity contribution in [2.75, 3.05) is 14.1 Å². The molecule has 6 nitrogen and oxygen atoms in total. The summed E-state index contributed by atoms with van der Waals surface area (Å²) in [6.07, 6.45) is 5.15. The summed E-state index contributed by atoms with van der Waals surface area (Å²) >= 11 is 0. The molecular weight excluding hydrogens is 340 g/mol. The van der Waals surface area contributed by atoms with E-state index in [1.54, 1.807) is 18.2 Å². The van der Waals surface area contributed by atoms with Crippen molar-refractivity contribution in [3.05, 3.63) is 29.8 Å². The molecule has 0 aromatic heterocycles. The Kier molecular flexibility index (Phi) is 5.18. The Balaban J connectivity index is 1.86. The fraction of sp³-hybridized carbons (Fsp3) is 0.611. The number of nitrogens with zero attached hydrogens (tertiary/aromatic N) is 2. The van der Waals surface area contributed by atoms with Crippen molar-refractivity contribution in [2.45, 2.75) is 55.6 Å². The molecule has 3 atom stereocenters. The molecule has 1 aliphatic heterocycles. The van der Waals surface area contributed by atoms with Crippen LogP contribution in [0.25, 0.3) is 0 Å². The number of hydrogen-bond acceptors (Lipinski definition) is 4. The van der Waals surface area contributed by atoms with Crippen LogP contribution in [0.2, 0.25) is 0 Å². The van der Waals surface area contributed by atoms with Gasteiger partial charge in [-0.15, -0.1) is 0 Å². The Morgan fingerprint density at radius 1 is 1.28 bits per heavy atom. The van der Waals surface area contributed by atoms with Crippen molar-refractivity contribution in [3.8, 4) is 0 Å². The summed E-state index contributed by atoms with van der Waals surface area (Å²) in [5.74, 6) is -0.324. The summed E-state index contributed by atoms with van der Waals surface area (Å²) in [5.41, 5.74) is 0.848. The molecule has 1 saturated carbocycles. The van der Waals surface area contributed by atoms with Gasteiger partial charge in [0.15, 0.2) is 0 Å². The number of hydrogen-bond donors (Lipinski definition) is 1. The number of carbonyl (C=O) groups is 1. The van der Waals surface area contributed by atoms with Crippen LogP contribution in [0, 0.1) is 5.92 Å². The van der Waals surface area contributed by atoms with Crippen LogP contribution in [0.4, 0.5) is 0 Å². The third kappa shape index (κ3) is 3.59. The van der Waals surface area contributed by atoms with Crippen LogP contribution in [0.5, 0.6) is 0 Å². The van der Waals surface area contributed by atoms with E-state index in [4.69, 9.17) is 0 Å². The predicted molar refractivity (Wildman–Crippen MR) is 94.6 cm³/mol. The van der Waals surface area contributed by atoms with Crippen molar-refractivity contribution in [1.82, 2.24) is 9.21 Å². The third-order valence-electron chi connectivity index (χ3n) is 5.55. The number of carboxylic acid groups (broad SMARTS) is 1. The van der Waals surface area contributed by atoms with Gasteiger partial charge >= 0.3 is 5.97 Å². The zero-order chi connectivity index (χ0) is 18.2. The number of fused-ring (bicyclic) bond motifs is 1. The van der Waals surface area contributed by atoms with Gasteiger partial charge in [0, 0.05) is 26.7 Å². The lowest BCUT2D eigenvalue weighted by molar-refractivity contribution is -0.142. The molecule has 7 heteroatoms. The molecule has 25 heavy (non-hydrogen) atoms. The minimum Gasteiger partial charge on any atom is -0.480 e. The van der Waals surface area contributed by atoms with E-state index >= 15 is 0 Å². The molecule has 0 amide bonds. The van der Waals surface area contributed by atoms with Gasteiger partial charge in [-0.3, -0.25) is 9.69 Å². The molecule has 2 aliphatic rings. The monoisotopic (exact) mass is 366 g/mol. The highest BCUT2D eigenvalue weighted by atomic mass is 32.2. The first-order valence-corrected chi connectivity index (χ1v) is 10.2. The second-order valence-corrected chi connectivity index (χ2v) is 9.46. The number of benzene rings is 1. The fourth-order valence-electron chi connectivity index (χ4n) is 4.25. The second-order valence-electron chi connectivity index (χ2n) is 7.31. The maximum Gasteiger partial charge on any atom is 0.320 e. The van der Waals surface area contributed by atoms with Crippen LogP contribution in [-0.2, 0) is 21.4 Å². The lowest BCUT2D eigenvalue weighted by Crippen LogP contribution is -2.41. The third-order valence-corrected chi connectivity index (χ3v) is 7.36. The maximum atomic E-state index is 12.3. The zero-order valence-corrected chi connectivity index (χ0v) is 15.6. The molecule has 1 N–H and O–H groups in total. The standard InChI is InChI=1S/C18H26N2O4S/c1-19(2)25(23,24)15-8-5-6-13(10-15)12-20-16-9-4-3-7-14(16)11-17(20)18(21)22/h5-6,8,10,14,16-17H,3-4,7,9,11-12H2,1-2H3,(H,21,22)/t14-,16-,17+/m1/s1. The van der Waals surface area contributed by atoms with Gasteiger partial charge < -0.3 is 5.11 Å². The molecule has 0 bridgehead atoms. The SMILES string of the molecule is CN(C)S(=O)(=O)c1cccc(CN2[C@@H]3CCCC[C@@H]3C[C@H]2C(=O)O)c1. The van der Waals surface area contributed by atoms with Crippen LogP contribution in [-0.4, -0.2) is 54.9 Å².